The molecule has 0 unspecified atom stereocenters. The van der Waals surface area contributed by atoms with Crippen LogP contribution in [0.15, 0.2) is 35.0 Å². The number of thiophene rings is 1. The number of halogens is 1. The molecule has 4 rings (SSSR count). The standard InChI is InChI=1S/C24H24ClN3O8S/c1-14-18(26-36-28(14)32)13-34-20(29)7-8-21(30)35-22-11-15-12-27(10-9-19(15)37-22)23(24(31)33-2)16-5-3-4-6-17(16)25/h3-6,11,23H,7-10,12-13H2,1-2H3/t23-/m0/s1/i2D3. The molecule has 11 nitrogen and oxygen atoms in total. The van der Waals surface area contributed by atoms with E-state index in [-0.39, 0.29) is 42.3 Å². The van der Waals surface area contributed by atoms with Gasteiger partial charge in [-0.25, -0.2) is 4.79 Å². The lowest BCUT2D eigenvalue weighted by Gasteiger charge is -2.33. The molecule has 0 bridgehead atoms. The number of hydrogen-bond donors (Lipinski definition) is 0. The minimum Gasteiger partial charge on any atom is -0.468 e. The SMILES string of the molecule is [2H]C([2H])([2H])OC(=O)[C@H](c1ccccc1Cl)N1CCc2sc(OC(=O)CCC(=O)OCc3no[n+]([O-])c3C)cc2C1. The Balaban J connectivity index is 1.36. The van der Waals surface area contributed by atoms with E-state index in [4.69, 9.17) is 29.9 Å². The first-order valence-electron chi connectivity index (χ1n) is 12.7. The van der Waals surface area contributed by atoms with Gasteiger partial charge in [0.05, 0.1) is 24.0 Å². The van der Waals surface area contributed by atoms with E-state index in [1.165, 1.54) is 18.3 Å². The number of ether oxygens (including phenoxy) is 3. The van der Waals surface area contributed by atoms with Crippen molar-refractivity contribution < 1.29 is 42.2 Å². The molecule has 3 heterocycles. The number of hydrogen-bond acceptors (Lipinski definition) is 11. The Morgan fingerprint density at radius 2 is 2.11 bits per heavy atom. The van der Waals surface area contributed by atoms with Gasteiger partial charge in [-0.3, -0.25) is 19.1 Å². The van der Waals surface area contributed by atoms with Crippen LogP contribution in [0.3, 0.4) is 0 Å². The quantitative estimate of drug-likeness (QED) is 0.288. The zero-order chi connectivity index (χ0) is 29.0. The molecule has 1 aromatic carbocycles. The highest BCUT2D eigenvalue weighted by atomic mass is 35.5. The number of fused-ring (bicyclic) bond motifs is 1. The van der Waals surface area contributed by atoms with Crippen LogP contribution in [0.1, 0.15) is 50.4 Å². The zero-order valence-electron chi connectivity index (χ0n) is 22.6. The van der Waals surface area contributed by atoms with E-state index >= 15 is 0 Å². The first-order valence-corrected chi connectivity index (χ1v) is 12.3. The molecule has 0 N–H and O–H groups in total. The molecule has 1 aliphatic heterocycles. The normalized spacial score (nSPS) is 15.6. The molecule has 0 amide bonds. The fourth-order valence-corrected chi connectivity index (χ4v) is 5.13. The Kier molecular flexibility index (Phi) is 7.19. The lowest BCUT2D eigenvalue weighted by molar-refractivity contribution is -0.806. The summed E-state index contributed by atoms with van der Waals surface area (Å²) in [5, 5.41) is 15.3. The Hall–Kier alpha value is -3.48. The minimum atomic E-state index is -2.91. The van der Waals surface area contributed by atoms with Crippen molar-refractivity contribution in [3.63, 3.8) is 0 Å². The van der Waals surface area contributed by atoms with Gasteiger partial charge in [0.1, 0.15) is 6.04 Å². The molecule has 3 aromatic rings. The van der Waals surface area contributed by atoms with Crippen LogP contribution in [-0.4, -0.2) is 41.5 Å². The van der Waals surface area contributed by atoms with Gasteiger partial charge < -0.3 is 19.4 Å². The topological polar surface area (TPSA) is 135 Å². The molecule has 0 aliphatic carbocycles. The lowest BCUT2D eigenvalue weighted by Crippen LogP contribution is -2.38. The van der Waals surface area contributed by atoms with Crippen LogP contribution in [0, 0.1) is 12.1 Å². The molecule has 0 saturated carbocycles. The Bertz CT molecular complexity index is 1410. The van der Waals surface area contributed by atoms with Crippen LogP contribution in [-0.2, 0) is 43.4 Å². The molecule has 1 aliphatic rings. The predicted octanol–water partition coefficient (Wildman–Crippen LogP) is 3.03. The summed E-state index contributed by atoms with van der Waals surface area (Å²) >= 11 is 7.61. The van der Waals surface area contributed by atoms with Gasteiger partial charge in [0, 0.05) is 35.1 Å². The average Bonchev–Trinajstić information content (AvgIpc) is 3.43. The molecule has 0 spiro atoms. The number of methoxy groups -OCH3 is 1. The van der Waals surface area contributed by atoms with Crippen molar-refractivity contribution in [2.24, 2.45) is 0 Å². The van der Waals surface area contributed by atoms with Crippen molar-refractivity contribution in [2.75, 3.05) is 13.6 Å². The highest BCUT2D eigenvalue weighted by Crippen LogP contribution is 2.37. The number of carbonyl (C=O) groups is 3. The summed E-state index contributed by atoms with van der Waals surface area (Å²) in [6, 6.07) is 7.26. The third kappa shape index (κ3) is 6.27. The summed E-state index contributed by atoms with van der Waals surface area (Å²) in [6.07, 6.45) is 0.0379. The second-order valence-corrected chi connectivity index (χ2v) is 9.68. The summed E-state index contributed by atoms with van der Waals surface area (Å²) in [6.45, 7) is 1.86. The molecule has 37 heavy (non-hydrogen) atoms. The van der Waals surface area contributed by atoms with Gasteiger partial charge in [-0.15, -0.1) is 11.3 Å². The van der Waals surface area contributed by atoms with Crippen molar-refractivity contribution >= 4 is 40.8 Å². The minimum absolute atomic E-state index is 0.166. The van der Waals surface area contributed by atoms with E-state index < -0.39 is 31.0 Å². The number of esters is 3. The maximum Gasteiger partial charge on any atom is 0.327 e. The Morgan fingerprint density at radius 3 is 2.84 bits per heavy atom. The van der Waals surface area contributed by atoms with E-state index in [2.05, 4.69) is 9.79 Å². The fraction of sp³-hybridized carbons (Fsp3) is 0.375. The zero-order valence-corrected chi connectivity index (χ0v) is 21.2. The highest BCUT2D eigenvalue weighted by molar-refractivity contribution is 7.14. The van der Waals surface area contributed by atoms with Gasteiger partial charge >= 0.3 is 17.9 Å². The first-order chi connectivity index (χ1) is 18.9. The molecule has 0 radical (unpaired) electrons. The molecule has 13 heteroatoms. The molecule has 0 saturated heterocycles. The summed E-state index contributed by atoms with van der Waals surface area (Å²) in [7, 11) is -2.91. The van der Waals surface area contributed by atoms with Gasteiger partial charge in [0.25, 0.3) is 5.69 Å². The third-order valence-electron chi connectivity index (χ3n) is 5.80. The summed E-state index contributed by atoms with van der Waals surface area (Å²) < 4.78 is 41.6. The smallest absolute Gasteiger partial charge is 0.327 e. The second kappa shape index (κ2) is 11.7. The Morgan fingerprint density at radius 1 is 1.32 bits per heavy atom. The van der Waals surface area contributed by atoms with Crippen molar-refractivity contribution in [3.8, 4) is 5.06 Å². The number of rotatable bonds is 9. The van der Waals surface area contributed by atoms with E-state index in [1.807, 2.05) is 0 Å². The summed E-state index contributed by atoms with van der Waals surface area (Å²) in [5.41, 5.74) is 1.56. The lowest BCUT2D eigenvalue weighted by atomic mass is 10.0. The number of benzene rings is 1. The van der Waals surface area contributed by atoms with E-state index in [0.29, 0.717) is 28.6 Å². The van der Waals surface area contributed by atoms with Crippen LogP contribution in [0.2, 0.25) is 5.02 Å². The fourth-order valence-electron chi connectivity index (χ4n) is 3.86. The summed E-state index contributed by atoms with van der Waals surface area (Å²) in [5.74, 6) is -2.26. The highest BCUT2D eigenvalue weighted by Gasteiger charge is 2.33. The number of aromatic nitrogens is 2. The maximum absolute atomic E-state index is 12.9. The van der Waals surface area contributed by atoms with Crippen LogP contribution < -0.4 is 9.64 Å². The monoisotopic (exact) mass is 552 g/mol. The van der Waals surface area contributed by atoms with Crippen molar-refractivity contribution in [2.45, 2.75) is 45.4 Å². The number of nitrogens with zero attached hydrogens (tertiary/aromatic N) is 3. The van der Waals surface area contributed by atoms with E-state index in [0.717, 1.165) is 10.4 Å². The maximum atomic E-state index is 12.9. The Labute approximate surface area is 225 Å². The van der Waals surface area contributed by atoms with Gasteiger partial charge in [-0.05, 0) is 34.6 Å². The molecular formula is C24H24ClN3O8S. The third-order valence-corrected chi connectivity index (χ3v) is 7.26. The van der Waals surface area contributed by atoms with Crippen LogP contribution in [0.25, 0.3) is 0 Å². The van der Waals surface area contributed by atoms with Crippen molar-refractivity contribution in [1.82, 2.24) is 10.1 Å². The van der Waals surface area contributed by atoms with Crippen molar-refractivity contribution in [1.29, 1.82) is 0 Å². The molecule has 2 aromatic heterocycles. The molecular weight excluding hydrogens is 526 g/mol. The number of carbonyl (C=O) groups excluding carboxylic acids is 3. The van der Waals surface area contributed by atoms with E-state index in [9.17, 15) is 19.6 Å². The second-order valence-electron chi connectivity index (χ2n) is 8.18. The van der Waals surface area contributed by atoms with Crippen molar-refractivity contribution in [3.05, 3.63) is 68.0 Å². The van der Waals surface area contributed by atoms with Gasteiger partial charge in [-0.2, -0.15) is 0 Å². The molecule has 1 atom stereocenters. The van der Waals surface area contributed by atoms with Gasteiger partial charge in [0.15, 0.2) is 17.4 Å². The molecule has 196 valence electrons. The largest absolute Gasteiger partial charge is 0.468 e. The van der Waals surface area contributed by atoms with Gasteiger partial charge in [-0.1, -0.05) is 29.8 Å². The van der Waals surface area contributed by atoms with Gasteiger partial charge in [0.2, 0.25) is 0 Å². The van der Waals surface area contributed by atoms with Crippen LogP contribution in [0.5, 0.6) is 5.06 Å². The molecule has 0 fully saturated rings. The van der Waals surface area contributed by atoms with Crippen LogP contribution in [0.4, 0.5) is 0 Å². The average molecular weight is 553 g/mol. The van der Waals surface area contributed by atoms with Crippen LogP contribution >= 0.6 is 22.9 Å². The predicted molar refractivity (Wildman–Crippen MR) is 130 cm³/mol. The first kappa shape index (κ1) is 22.7. The van der Waals surface area contributed by atoms with E-state index in [1.54, 1.807) is 35.2 Å². The summed E-state index contributed by atoms with van der Waals surface area (Å²) in [4.78, 5) is 40.2.